The first-order valence-electron chi connectivity index (χ1n) is 10.6. The van der Waals surface area contributed by atoms with Crippen molar-refractivity contribution in [3.8, 4) is 11.5 Å². The number of methoxy groups -OCH3 is 1. The summed E-state index contributed by atoms with van der Waals surface area (Å²) in [5, 5.41) is 11.7. The van der Waals surface area contributed by atoms with Crippen LogP contribution in [0.3, 0.4) is 0 Å². The number of urea groups is 1. The Bertz CT molecular complexity index is 1400. The third-order valence-electron chi connectivity index (χ3n) is 5.31. The molecule has 0 bridgehead atoms. The Labute approximate surface area is 210 Å². The van der Waals surface area contributed by atoms with Gasteiger partial charge >= 0.3 is 12.0 Å². The van der Waals surface area contributed by atoms with Gasteiger partial charge < -0.3 is 14.6 Å². The summed E-state index contributed by atoms with van der Waals surface area (Å²) in [4.78, 5) is 49.7. The molecule has 1 aliphatic heterocycles. The van der Waals surface area contributed by atoms with Crippen LogP contribution in [-0.4, -0.2) is 36.0 Å². The zero-order chi connectivity index (χ0) is 25.8. The molecule has 2 N–H and O–H groups in total. The molecule has 1 aliphatic rings. The quantitative estimate of drug-likeness (QED) is 0.362. The van der Waals surface area contributed by atoms with Crippen LogP contribution in [0.4, 0.5) is 10.5 Å². The number of amides is 4. The largest absolute Gasteiger partial charge is 0.493 e. The summed E-state index contributed by atoms with van der Waals surface area (Å²) in [6.07, 6.45) is 1.32. The molecular formula is C26H19ClN2O7. The van der Waals surface area contributed by atoms with Gasteiger partial charge in [-0.05, 0) is 54.1 Å². The van der Waals surface area contributed by atoms with Gasteiger partial charge in [0.1, 0.15) is 12.2 Å². The van der Waals surface area contributed by atoms with Crippen LogP contribution in [0.15, 0.2) is 72.3 Å². The van der Waals surface area contributed by atoms with Crippen molar-refractivity contribution in [2.45, 2.75) is 6.61 Å². The van der Waals surface area contributed by atoms with Crippen molar-refractivity contribution in [3.05, 3.63) is 94.0 Å². The normalized spacial score (nSPS) is 14.6. The van der Waals surface area contributed by atoms with Crippen LogP contribution in [0.25, 0.3) is 6.08 Å². The third-order valence-corrected chi connectivity index (χ3v) is 5.68. The number of imide groups is 2. The number of nitrogens with zero attached hydrogens (tertiary/aromatic N) is 1. The second kappa shape index (κ2) is 10.3. The van der Waals surface area contributed by atoms with Crippen LogP contribution in [0, 0.1) is 0 Å². The first-order valence-corrected chi connectivity index (χ1v) is 11.0. The number of aromatic carboxylic acids is 1. The van der Waals surface area contributed by atoms with E-state index in [0.29, 0.717) is 22.1 Å². The molecule has 1 saturated heterocycles. The maximum atomic E-state index is 13.1. The Morgan fingerprint density at radius 1 is 1.03 bits per heavy atom. The highest BCUT2D eigenvalue weighted by Crippen LogP contribution is 2.31. The van der Waals surface area contributed by atoms with E-state index in [9.17, 15) is 19.2 Å². The molecule has 0 radical (unpaired) electrons. The van der Waals surface area contributed by atoms with Gasteiger partial charge in [-0.15, -0.1) is 0 Å². The lowest BCUT2D eigenvalue weighted by atomic mass is 10.1. The number of nitrogens with one attached hydrogen (secondary N) is 1. The van der Waals surface area contributed by atoms with Gasteiger partial charge in [0.05, 0.1) is 18.4 Å². The molecule has 4 rings (SSSR count). The molecule has 4 amide bonds. The van der Waals surface area contributed by atoms with Crippen LogP contribution >= 0.6 is 11.6 Å². The number of anilines is 1. The monoisotopic (exact) mass is 506 g/mol. The van der Waals surface area contributed by atoms with Crippen molar-refractivity contribution in [3.63, 3.8) is 0 Å². The van der Waals surface area contributed by atoms with Crippen LogP contribution in [-0.2, 0) is 16.2 Å². The van der Waals surface area contributed by atoms with E-state index < -0.39 is 23.8 Å². The van der Waals surface area contributed by atoms with Crippen molar-refractivity contribution in [1.82, 2.24) is 5.32 Å². The molecule has 36 heavy (non-hydrogen) atoms. The van der Waals surface area contributed by atoms with E-state index in [0.717, 1.165) is 10.5 Å². The Hall–Kier alpha value is -4.63. The van der Waals surface area contributed by atoms with Crippen molar-refractivity contribution >= 4 is 47.2 Å². The van der Waals surface area contributed by atoms with Gasteiger partial charge in [-0.25, -0.2) is 14.5 Å². The van der Waals surface area contributed by atoms with E-state index in [1.54, 1.807) is 24.3 Å². The van der Waals surface area contributed by atoms with Gasteiger partial charge in [-0.2, -0.15) is 0 Å². The number of carbonyl (C=O) groups excluding carboxylic acids is 3. The minimum absolute atomic E-state index is 0.0144. The summed E-state index contributed by atoms with van der Waals surface area (Å²) >= 11 is 6.17. The summed E-state index contributed by atoms with van der Waals surface area (Å²) < 4.78 is 11.2. The molecule has 9 nitrogen and oxygen atoms in total. The average molecular weight is 507 g/mol. The van der Waals surface area contributed by atoms with Crippen molar-refractivity contribution in [1.29, 1.82) is 0 Å². The number of barbiturate groups is 1. The number of carboxylic acid groups (broad SMARTS) is 1. The van der Waals surface area contributed by atoms with E-state index in [1.165, 1.54) is 37.5 Å². The topological polar surface area (TPSA) is 122 Å². The molecule has 1 heterocycles. The molecule has 10 heteroatoms. The van der Waals surface area contributed by atoms with Gasteiger partial charge in [0.15, 0.2) is 11.5 Å². The van der Waals surface area contributed by atoms with Gasteiger partial charge in [-0.3, -0.25) is 14.9 Å². The predicted octanol–water partition coefficient (Wildman–Crippen LogP) is 4.29. The van der Waals surface area contributed by atoms with E-state index in [-0.39, 0.29) is 23.4 Å². The highest BCUT2D eigenvalue weighted by molar-refractivity contribution is 6.39. The third kappa shape index (κ3) is 5.06. The molecular weight excluding hydrogens is 488 g/mol. The number of halogens is 1. The molecule has 3 aromatic rings. The van der Waals surface area contributed by atoms with Crippen molar-refractivity contribution in [2.75, 3.05) is 12.0 Å². The molecule has 1 fully saturated rings. The van der Waals surface area contributed by atoms with Crippen LogP contribution < -0.4 is 19.7 Å². The van der Waals surface area contributed by atoms with Crippen LogP contribution in [0.1, 0.15) is 21.5 Å². The lowest BCUT2D eigenvalue weighted by Crippen LogP contribution is -2.54. The molecule has 0 aromatic heterocycles. The van der Waals surface area contributed by atoms with Crippen molar-refractivity contribution < 1.29 is 33.8 Å². The van der Waals surface area contributed by atoms with E-state index in [2.05, 4.69) is 5.32 Å². The molecule has 3 aromatic carbocycles. The highest BCUT2D eigenvalue weighted by Gasteiger charge is 2.36. The smallest absolute Gasteiger partial charge is 0.335 e. The molecule has 0 spiro atoms. The van der Waals surface area contributed by atoms with Gasteiger partial charge in [0, 0.05) is 10.6 Å². The van der Waals surface area contributed by atoms with Gasteiger partial charge in [0.2, 0.25) is 0 Å². The van der Waals surface area contributed by atoms with Crippen molar-refractivity contribution in [2.24, 2.45) is 0 Å². The Morgan fingerprint density at radius 2 is 1.75 bits per heavy atom. The second-order valence-electron chi connectivity index (χ2n) is 7.60. The number of hydrogen-bond acceptors (Lipinski definition) is 6. The molecule has 182 valence electrons. The fourth-order valence-electron chi connectivity index (χ4n) is 3.48. The minimum Gasteiger partial charge on any atom is -0.493 e. The maximum absolute atomic E-state index is 13.1. The number of carboxylic acids is 1. The van der Waals surface area contributed by atoms with E-state index in [1.807, 2.05) is 18.2 Å². The van der Waals surface area contributed by atoms with Gasteiger partial charge in [-0.1, -0.05) is 35.9 Å². The number of ether oxygens (including phenoxy) is 2. The molecule has 0 aliphatic carbocycles. The lowest BCUT2D eigenvalue weighted by Gasteiger charge is -2.26. The standard InChI is InChI=1S/C26H19ClN2O7/c1-35-22-13-15(6-11-21(22)36-14-17-4-2-3-5-20(17)27)12-19-23(30)28-26(34)29(24(19)31)18-9-7-16(8-10-18)25(32)33/h2-13H,14H2,1H3,(H,32,33)(H,28,30,34)/b19-12+. The maximum Gasteiger partial charge on any atom is 0.335 e. The Morgan fingerprint density at radius 3 is 2.42 bits per heavy atom. The highest BCUT2D eigenvalue weighted by atomic mass is 35.5. The second-order valence-corrected chi connectivity index (χ2v) is 8.01. The Kier molecular flexibility index (Phi) is 7.03. The summed E-state index contributed by atoms with van der Waals surface area (Å²) in [5.41, 5.74) is 1.05. The van der Waals surface area contributed by atoms with E-state index in [4.69, 9.17) is 26.2 Å². The van der Waals surface area contributed by atoms with Crippen LogP contribution in [0.2, 0.25) is 5.02 Å². The number of rotatable bonds is 7. The van der Waals surface area contributed by atoms with E-state index >= 15 is 0 Å². The fourth-order valence-corrected chi connectivity index (χ4v) is 3.67. The van der Waals surface area contributed by atoms with Crippen LogP contribution in [0.5, 0.6) is 11.5 Å². The average Bonchev–Trinajstić information content (AvgIpc) is 2.86. The SMILES string of the molecule is COc1cc(/C=C2\C(=O)NC(=O)N(c3ccc(C(=O)O)cc3)C2=O)ccc1OCc1ccccc1Cl. The lowest BCUT2D eigenvalue weighted by molar-refractivity contribution is -0.122. The summed E-state index contributed by atoms with van der Waals surface area (Å²) in [5.74, 6) is -2.09. The number of benzene rings is 3. The molecule has 0 saturated carbocycles. The summed E-state index contributed by atoms with van der Waals surface area (Å²) in [6.45, 7) is 0.203. The molecule has 0 unspecified atom stereocenters. The fraction of sp³-hybridized carbons (Fsp3) is 0.0769. The predicted molar refractivity (Wildman–Crippen MR) is 131 cm³/mol. The first-order chi connectivity index (χ1) is 17.3. The summed E-state index contributed by atoms with van der Waals surface area (Å²) in [7, 11) is 1.45. The van der Waals surface area contributed by atoms with Gasteiger partial charge in [0.25, 0.3) is 11.8 Å². The number of carbonyl (C=O) groups is 4. The Balaban J connectivity index is 1.59. The first kappa shape index (κ1) is 24.5. The zero-order valence-corrected chi connectivity index (χ0v) is 19.6. The molecule has 0 atom stereocenters. The number of hydrogen-bond donors (Lipinski definition) is 2. The summed E-state index contributed by atoms with van der Waals surface area (Å²) in [6, 6.07) is 16.3. The minimum atomic E-state index is -1.15. The zero-order valence-electron chi connectivity index (χ0n) is 18.9.